The number of halogens is 1. The molecule has 0 aromatic heterocycles. The fourth-order valence-electron chi connectivity index (χ4n) is 1.55. The molecule has 0 saturated heterocycles. The average molecular weight is 287 g/mol. The second kappa shape index (κ2) is 8.74. The van der Waals surface area contributed by atoms with Gasteiger partial charge in [-0.15, -0.1) is 0 Å². The van der Waals surface area contributed by atoms with Crippen molar-refractivity contribution in [2.75, 3.05) is 40.5 Å². The number of hydrogen-bond acceptors (Lipinski definition) is 4. The summed E-state index contributed by atoms with van der Waals surface area (Å²) in [6.07, 6.45) is 0. The third-order valence-electron chi connectivity index (χ3n) is 2.49. The van der Waals surface area contributed by atoms with Gasteiger partial charge in [-0.1, -0.05) is 17.7 Å². The molecule has 0 aliphatic heterocycles. The predicted octanol–water partition coefficient (Wildman–Crippen LogP) is 1.31. The molecule has 1 aromatic rings. The van der Waals surface area contributed by atoms with Gasteiger partial charge in [-0.3, -0.25) is 4.79 Å². The lowest BCUT2D eigenvalue weighted by atomic mass is 10.2. The summed E-state index contributed by atoms with van der Waals surface area (Å²) >= 11 is 6.01. The third kappa shape index (κ3) is 5.06. The minimum absolute atomic E-state index is 0.240. The molecule has 6 heteroatoms. The Bertz CT molecular complexity index is 413. The number of ether oxygens (including phenoxy) is 2. The van der Waals surface area contributed by atoms with Gasteiger partial charge in [0.25, 0.3) is 5.91 Å². The number of benzene rings is 1. The molecule has 0 bridgehead atoms. The van der Waals surface area contributed by atoms with E-state index in [2.05, 4.69) is 10.6 Å². The highest BCUT2D eigenvalue weighted by Gasteiger charge is 2.15. The van der Waals surface area contributed by atoms with Crippen LogP contribution in [0.5, 0.6) is 5.75 Å². The first kappa shape index (κ1) is 15.8. The summed E-state index contributed by atoms with van der Waals surface area (Å²) in [5.41, 5.74) is 0.364. The van der Waals surface area contributed by atoms with Crippen LogP contribution in [0.25, 0.3) is 0 Å². The van der Waals surface area contributed by atoms with E-state index in [0.29, 0.717) is 36.0 Å². The summed E-state index contributed by atoms with van der Waals surface area (Å²) in [6, 6.07) is 5.11. The number of amides is 1. The van der Waals surface area contributed by atoms with Crippen molar-refractivity contribution < 1.29 is 14.3 Å². The molecule has 1 rings (SSSR count). The van der Waals surface area contributed by atoms with Gasteiger partial charge in [-0.25, -0.2) is 0 Å². The molecule has 0 aliphatic rings. The Morgan fingerprint density at radius 3 is 2.74 bits per heavy atom. The predicted molar refractivity (Wildman–Crippen MR) is 75.1 cm³/mol. The number of carbonyl (C=O) groups excluding carboxylic acids is 1. The molecule has 0 heterocycles. The number of carbonyl (C=O) groups is 1. The quantitative estimate of drug-likeness (QED) is 0.708. The minimum Gasteiger partial charge on any atom is -0.496 e. The van der Waals surface area contributed by atoms with Crippen molar-refractivity contribution in [2.45, 2.75) is 0 Å². The Balaban J connectivity index is 2.45. The van der Waals surface area contributed by atoms with E-state index in [0.717, 1.165) is 6.54 Å². The molecule has 0 atom stereocenters. The summed E-state index contributed by atoms with van der Waals surface area (Å²) in [4.78, 5) is 12.0. The van der Waals surface area contributed by atoms with Crippen LogP contribution < -0.4 is 15.4 Å². The first-order valence-electron chi connectivity index (χ1n) is 6.01. The summed E-state index contributed by atoms with van der Waals surface area (Å²) in [7, 11) is 3.15. The molecule has 106 valence electrons. The Morgan fingerprint density at radius 1 is 1.26 bits per heavy atom. The van der Waals surface area contributed by atoms with Gasteiger partial charge in [0.1, 0.15) is 5.75 Å². The van der Waals surface area contributed by atoms with E-state index in [4.69, 9.17) is 21.1 Å². The summed E-state index contributed by atoms with van der Waals surface area (Å²) in [5, 5.41) is 6.30. The van der Waals surface area contributed by atoms with Crippen molar-refractivity contribution in [2.24, 2.45) is 0 Å². The van der Waals surface area contributed by atoms with Gasteiger partial charge in [0, 0.05) is 26.7 Å². The van der Waals surface area contributed by atoms with Gasteiger partial charge in [0.15, 0.2) is 0 Å². The zero-order chi connectivity index (χ0) is 14.1. The Morgan fingerprint density at radius 2 is 2.05 bits per heavy atom. The van der Waals surface area contributed by atoms with Crippen LogP contribution >= 0.6 is 11.6 Å². The highest BCUT2D eigenvalue weighted by atomic mass is 35.5. The number of nitrogens with one attached hydrogen (secondary N) is 2. The van der Waals surface area contributed by atoms with Gasteiger partial charge in [0.05, 0.1) is 24.3 Å². The molecule has 19 heavy (non-hydrogen) atoms. The normalized spacial score (nSPS) is 10.3. The fourth-order valence-corrected chi connectivity index (χ4v) is 1.80. The first-order valence-corrected chi connectivity index (χ1v) is 6.39. The molecular weight excluding hydrogens is 268 g/mol. The van der Waals surface area contributed by atoms with Crippen LogP contribution in [-0.4, -0.2) is 46.4 Å². The van der Waals surface area contributed by atoms with Crippen LogP contribution in [0, 0.1) is 0 Å². The second-order valence-electron chi connectivity index (χ2n) is 3.82. The van der Waals surface area contributed by atoms with Crippen molar-refractivity contribution in [3.8, 4) is 5.75 Å². The summed E-state index contributed by atoms with van der Waals surface area (Å²) in [5.74, 6) is 0.230. The number of rotatable bonds is 8. The van der Waals surface area contributed by atoms with E-state index >= 15 is 0 Å². The highest BCUT2D eigenvalue weighted by molar-refractivity contribution is 6.34. The Hall–Kier alpha value is -1.30. The van der Waals surface area contributed by atoms with E-state index in [1.165, 1.54) is 7.11 Å². The lowest BCUT2D eigenvalue weighted by Gasteiger charge is -2.11. The number of methoxy groups -OCH3 is 2. The fraction of sp³-hybridized carbons (Fsp3) is 0.462. The van der Waals surface area contributed by atoms with Crippen molar-refractivity contribution >= 4 is 17.5 Å². The molecule has 0 radical (unpaired) electrons. The molecule has 1 amide bonds. The highest BCUT2D eigenvalue weighted by Crippen LogP contribution is 2.25. The van der Waals surface area contributed by atoms with E-state index in [9.17, 15) is 4.79 Å². The lowest BCUT2D eigenvalue weighted by molar-refractivity contribution is 0.0951. The van der Waals surface area contributed by atoms with Crippen molar-refractivity contribution in [3.63, 3.8) is 0 Å². The van der Waals surface area contributed by atoms with E-state index in [1.54, 1.807) is 25.3 Å². The molecule has 1 aromatic carbocycles. The van der Waals surface area contributed by atoms with Gasteiger partial charge < -0.3 is 20.1 Å². The van der Waals surface area contributed by atoms with Crippen molar-refractivity contribution in [1.82, 2.24) is 10.6 Å². The molecule has 5 nitrogen and oxygen atoms in total. The van der Waals surface area contributed by atoms with Crippen molar-refractivity contribution in [3.05, 3.63) is 28.8 Å². The zero-order valence-electron chi connectivity index (χ0n) is 11.2. The number of hydrogen-bond donors (Lipinski definition) is 2. The zero-order valence-corrected chi connectivity index (χ0v) is 11.9. The second-order valence-corrected chi connectivity index (χ2v) is 4.22. The van der Waals surface area contributed by atoms with Gasteiger partial charge >= 0.3 is 0 Å². The monoisotopic (exact) mass is 286 g/mol. The molecule has 2 N–H and O–H groups in total. The molecule has 0 spiro atoms. The standard InChI is InChI=1S/C13H19ClN2O3/c1-18-9-8-15-6-7-16-13(17)12-10(14)4-3-5-11(12)19-2/h3-5,15H,6-9H2,1-2H3,(H,16,17). The minimum atomic E-state index is -0.240. The summed E-state index contributed by atoms with van der Waals surface area (Å²) < 4.78 is 10.0. The summed E-state index contributed by atoms with van der Waals surface area (Å²) in [6.45, 7) is 2.58. The molecule has 0 aliphatic carbocycles. The maximum absolute atomic E-state index is 12.0. The molecule has 0 fully saturated rings. The first-order chi connectivity index (χ1) is 9.20. The van der Waals surface area contributed by atoms with Crippen LogP contribution in [-0.2, 0) is 4.74 Å². The largest absolute Gasteiger partial charge is 0.496 e. The Kier molecular flexibility index (Phi) is 7.25. The smallest absolute Gasteiger partial charge is 0.256 e. The van der Waals surface area contributed by atoms with E-state index in [-0.39, 0.29) is 5.91 Å². The van der Waals surface area contributed by atoms with Gasteiger partial charge in [-0.05, 0) is 12.1 Å². The van der Waals surface area contributed by atoms with Gasteiger partial charge in [0.2, 0.25) is 0 Å². The average Bonchev–Trinajstić information content (AvgIpc) is 2.42. The molecule has 0 saturated carbocycles. The van der Waals surface area contributed by atoms with Crippen LogP contribution in [0.1, 0.15) is 10.4 Å². The van der Waals surface area contributed by atoms with Crippen LogP contribution in [0.15, 0.2) is 18.2 Å². The van der Waals surface area contributed by atoms with Crippen LogP contribution in [0.2, 0.25) is 5.02 Å². The SMILES string of the molecule is COCCNCCNC(=O)c1c(Cl)cccc1OC. The van der Waals surface area contributed by atoms with Crippen LogP contribution in [0.4, 0.5) is 0 Å². The van der Waals surface area contributed by atoms with E-state index < -0.39 is 0 Å². The van der Waals surface area contributed by atoms with Gasteiger partial charge in [-0.2, -0.15) is 0 Å². The lowest BCUT2D eigenvalue weighted by Crippen LogP contribution is -2.33. The Labute approximate surface area is 118 Å². The maximum Gasteiger partial charge on any atom is 0.256 e. The topological polar surface area (TPSA) is 59.6 Å². The van der Waals surface area contributed by atoms with E-state index in [1.807, 2.05) is 0 Å². The molecule has 0 unspecified atom stereocenters. The third-order valence-corrected chi connectivity index (χ3v) is 2.81. The molecular formula is C13H19ClN2O3. The van der Waals surface area contributed by atoms with Crippen molar-refractivity contribution in [1.29, 1.82) is 0 Å². The van der Waals surface area contributed by atoms with Crippen LogP contribution in [0.3, 0.4) is 0 Å². The maximum atomic E-state index is 12.0.